The molecule has 0 N–H and O–H groups in total. The van der Waals surface area contributed by atoms with Crippen molar-refractivity contribution in [3.63, 3.8) is 0 Å². The number of fused-ring (bicyclic) bond motifs is 1. The highest BCUT2D eigenvalue weighted by Crippen LogP contribution is 2.35. The lowest BCUT2D eigenvalue weighted by Crippen LogP contribution is -2.06. The Labute approximate surface area is 59.5 Å². The Bertz CT molecular complexity index is 221. The van der Waals surface area contributed by atoms with Crippen LogP contribution in [0.15, 0.2) is 0 Å². The van der Waals surface area contributed by atoms with Crippen molar-refractivity contribution in [3.05, 3.63) is 20.9 Å². The van der Waals surface area contributed by atoms with Gasteiger partial charge in [0.15, 0.2) is 0 Å². The first-order chi connectivity index (χ1) is 4.29. The van der Waals surface area contributed by atoms with E-state index in [0.29, 0.717) is 0 Å². The van der Waals surface area contributed by atoms with E-state index in [1.807, 2.05) is 11.3 Å². The van der Waals surface area contributed by atoms with Crippen LogP contribution in [-0.4, -0.2) is 0 Å². The predicted molar refractivity (Wildman–Crippen MR) is 41.2 cm³/mol. The minimum Gasteiger partial charge on any atom is -0.145 e. The van der Waals surface area contributed by atoms with E-state index >= 15 is 0 Å². The smallest absolute Gasteiger partial charge is 0.00520 e. The first-order valence-corrected chi connectivity index (χ1v) is 4.18. The molecule has 0 spiro atoms. The van der Waals surface area contributed by atoms with Gasteiger partial charge in [-0.15, -0.1) is 11.3 Å². The maximum atomic E-state index is 2.23. The molecule has 9 heavy (non-hydrogen) atoms. The van der Waals surface area contributed by atoms with Gasteiger partial charge in [-0.3, -0.25) is 0 Å². The summed E-state index contributed by atoms with van der Waals surface area (Å²) in [6, 6.07) is 0. The molecular weight excluding hydrogens is 128 g/mol. The van der Waals surface area contributed by atoms with E-state index in [-0.39, 0.29) is 0 Å². The zero-order chi connectivity index (χ0) is 6.43. The van der Waals surface area contributed by atoms with Gasteiger partial charge in [0.1, 0.15) is 0 Å². The highest BCUT2D eigenvalue weighted by atomic mass is 32.1. The van der Waals surface area contributed by atoms with E-state index in [0.717, 1.165) is 0 Å². The Morgan fingerprint density at radius 2 is 1.44 bits per heavy atom. The van der Waals surface area contributed by atoms with Crippen LogP contribution in [0, 0.1) is 13.8 Å². The van der Waals surface area contributed by atoms with Gasteiger partial charge in [0, 0.05) is 9.75 Å². The molecule has 0 saturated carbocycles. The minimum absolute atomic E-state index is 1.34. The van der Waals surface area contributed by atoms with Crippen molar-refractivity contribution in [2.24, 2.45) is 0 Å². The maximum Gasteiger partial charge on any atom is 0.00520 e. The monoisotopic (exact) mass is 138 g/mol. The molecule has 1 aliphatic carbocycles. The van der Waals surface area contributed by atoms with E-state index in [1.165, 1.54) is 12.8 Å². The Hall–Kier alpha value is -0.300. The van der Waals surface area contributed by atoms with Crippen LogP contribution in [0.5, 0.6) is 0 Å². The normalized spacial score (nSPS) is 14.9. The summed E-state index contributed by atoms with van der Waals surface area (Å²) in [6.45, 7) is 4.46. The molecule has 1 heteroatoms. The Morgan fingerprint density at radius 3 is 1.67 bits per heavy atom. The molecule has 0 unspecified atom stereocenters. The van der Waals surface area contributed by atoms with Gasteiger partial charge in [-0.25, -0.2) is 0 Å². The van der Waals surface area contributed by atoms with E-state index in [1.54, 1.807) is 20.9 Å². The lowest BCUT2D eigenvalue weighted by atomic mass is 9.90. The summed E-state index contributed by atoms with van der Waals surface area (Å²) in [6.07, 6.45) is 2.68. The van der Waals surface area contributed by atoms with Gasteiger partial charge in [0.25, 0.3) is 0 Å². The molecule has 1 heterocycles. The minimum atomic E-state index is 1.34. The first kappa shape index (κ1) is 5.48. The molecule has 0 atom stereocenters. The van der Waals surface area contributed by atoms with Crippen LogP contribution < -0.4 is 0 Å². The topological polar surface area (TPSA) is 0 Å². The van der Waals surface area contributed by atoms with E-state index in [4.69, 9.17) is 0 Å². The summed E-state index contributed by atoms with van der Waals surface area (Å²) in [5, 5.41) is 0. The predicted octanol–water partition coefficient (Wildman–Crippen LogP) is 2.46. The molecule has 1 aromatic rings. The third-order valence-electron chi connectivity index (χ3n) is 2.15. The molecule has 1 aliphatic rings. The van der Waals surface area contributed by atoms with Crippen molar-refractivity contribution in [2.75, 3.05) is 0 Å². The van der Waals surface area contributed by atoms with Crippen LogP contribution in [0.2, 0.25) is 0 Å². The SMILES string of the molecule is Cc1sc(C)c2c1CC2. The van der Waals surface area contributed by atoms with E-state index < -0.39 is 0 Å². The average Bonchev–Trinajstić information content (AvgIpc) is 1.73. The molecule has 0 nitrogen and oxygen atoms in total. The van der Waals surface area contributed by atoms with Gasteiger partial charge in [0.05, 0.1) is 0 Å². The molecule has 0 bridgehead atoms. The zero-order valence-corrected chi connectivity index (χ0v) is 6.64. The molecule has 0 aliphatic heterocycles. The zero-order valence-electron chi connectivity index (χ0n) is 5.82. The Balaban J connectivity index is 2.67. The molecule has 0 fully saturated rings. The van der Waals surface area contributed by atoms with Gasteiger partial charge in [-0.05, 0) is 37.8 Å². The van der Waals surface area contributed by atoms with Gasteiger partial charge in [0.2, 0.25) is 0 Å². The fourth-order valence-electron chi connectivity index (χ4n) is 1.50. The van der Waals surface area contributed by atoms with Gasteiger partial charge < -0.3 is 0 Å². The lowest BCUT2D eigenvalue weighted by molar-refractivity contribution is 0.837. The van der Waals surface area contributed by atoms with Crippen molar-refractivity contribution in [2.45, 2.75) is 26.7 Å². The van der Waals surface area contributed by atoms with Crippen molar-refractivity contribution < 1.29 is 0 Å². The largest absolute Gasteiger partial charge is 0.145 e. The second-order valence-corrected chi connectivity index (χ2v) is 4.10. The van der Waals surface area contributed by atoms with Crippen LogP contribution in [0.25, 0.3) is 0 Å². The fourth-order valence-corrected chi connectivity index (χ4v) is 2.66. The number of hydrogen-bond acceptors (Lipinski definition) is 1. The standard InChI is InChI=1S/C8H10S/c1-5-7-3-4-8(7)6(2)9-5/h3-4H2,1-2H3. The van der Waals surface area contributed by atoms with Crippen LogP contribution in [0.3, 0.4) is 0 Å². The Kier molecular flexibility index (Phi) is 0.974. The molecule has 0 radical (unpaired) electrons. The van der Waals surface area contributed by atoms with E-state index in [9.17, 15) is 0 Å². The van der Waals surface area contributed by atoms with Gasteiger partial charge in [-0.2, -0.15) is 0 Å². The molecule has 48 valence electrons. The van der Waals surface area contributed by atoms with Crippen LogP contribution in [-0.2, 0) is 12.8 Å². The summed E-state index contributed by atoms with van der Waals surface area (Å²) < 4.78 is 0. The summed E-state index contributed by atoms with van der Waals surface area (Å²) in [4.78, 5) is 3.10. The molecule has 0 saturated heterocycles. The number of hydrogen-bond donors (Lipinski definition) is 0. The van der Waals surface area contributed by atoms with Crippen molar-refractivity contribution in [1.29, 1.82) is 0 Å². The van der Waals surface area contributed by atoms with Gasteiger partial charge in [-0.1, -0.05) is 0 Å². The number of thiophene rings is 1. The third-order valence-corrected chi connectivity index (χ3v) is 3.25. The number of rotatable bonds is 0. The lowest BCUT2D eigenvalue weighted by Gasteiger charge is -2.14. The Morgan fingerprint density at radius 1 is 1.00 bits per heavy atom. The summed E-state index contributed by atoms with van der Waals surface area (Å²) >= 11 is 1.96. The number of aryl methyl sites for hydroxylation is 2. The molecular formula is C8H10S. The fraction of sp³-hybridized carbons (Fsp3) is 0.500. The third kappa shape index (κ3) is 0.584. The van der Waals surface area contributed by atoms with Gasteiger partial charge >= 0.3 is 0 Å². The summed E-state index contributed by atoms with van der Waals surface area (Å²) in [5.74, 6) is 0. The molecule has 2 rings (SSSR count). The molecule has 1 aromatic heterocycles. The average molecular weight is 138 g/mol. The summed E-state index contributed by atoms with van der Waals surface area (Å²) in [5.41, 5.74) is 3.30. The summed E-state index contributed by atoms with van der Waals surface area (Å²) in [7, 11) is 0. The van der Waals surface area contributed by atoms with Crippen LogP contribution in [0.1, 0.15) is 20.9 Å². The van der Waals surface area contributed by atoms with Crippen molar-refractivity contribution >= 4 is 11.3 Å². The first-order valence-electron chi connectivity index (χ1n) is 3.37. The second kappa shape index (κ2) is 1.60. The maximum absolute atomic E-state index is 2.23. The van der Waals surface area contributed by atoms with Crippen molar-refractivity contribution in [1.82, 2.24) is 0 Å². The molecule has 0 aromatic carbocycles. The van der Waals surface area contributed by atoms with E-state index in [2.05, 4.69) is 13.8 Å². The second-order valence-electron chi connectivity index (χ2n) is 2.67. The van der Waals surface area contributed by atoms with Crippen molar-refractivity contribution in [3.8, 4) is 0 Å². The highest BCUT2D eigenvalue weighted by Gasteiger charge is 2.19. The molecule has 0 amide bonds. The quantitative estimate of drug-likeness (QED) is 0.516. The highest BCUT2D eigenvalue weighted by molar-refractivity contribution is 7.12. The van der Waals surface area contributed by atoms with Crippen LogP contribution >= 0.6 is 11.3 Å². The van der Waals surface area contributed by atoms with Crippen LogP contribution in [0.4, 0.5) is 0 Å².